The molecule has 2 N–H and O–H groups in total. The third-order valence-corrected chi connectivity index (χ3v) is 8.55. The summed E-state index contributed by atoms with van der Waals surface area (Å²) in [6, 6.07) is 23.6. The van der Waals surface area contributed by atoms with Gasteiger partial charge >= 0.3 is 12.0 Å². The molecule has 230 valence electrons. The molecular formula is C34H33N5O6. The molecule has 0 saturated carbocycles. The molecule has 1 saturated heterocycles. The Morgan fingerprint density at radius 1 is 1.00 bits per heavy atom. The highest BCUT2D eigenvalue weighted by Crippen LogP contribution is 2.35. The van der Waals surface area contributed by atoms with Crippen molar-refractivity contribution in [1.82, 2.24) is 10.1 Å². The fraction of sp³-hybridized carbons (Fsp3) is 0.265. The summed E-state index contributed by atoms with van der Waals surface area (Å²) in [5.41, 5.74) is 5.11. The largest absolute Gasteiger partial charge is 0.481 e. The van der Waals surface area contributed by atoms with Crippen LogP contribution in [-0.2, 0) is 22.4 Å². The second kappa shape index (κ2) is 12.3. The maximum absolute atomic E-state index is 13.1. The third-order valence-electron chi connectivity index (χ3n) is 8.55. The molecule has 0 bridgehead atoms. The minimum atomic E-state index is -0.977. The number of fused-ring (bicyclic) bond motifs is 1. The van der Waals surface area contributed by atoms with E-state index in [2.05, 4.69) is 10.5 Å². The number of aryl methyl sites for hydroxylation is 1. The van der Waals surface area contributed by atoms with E-state index in [0.29, 0.717) is 23.7 Å². The number of carboxylic acids is 1. The number of carboxylic acid groups (broad SMARTS) is 1. The van der Waals surface area contributed by atoms with Crippen molar-refractivity contribution in [2.75, 3.05) is 41.8 Å². The second-order valence-electron chi connectivity index (χ2n) is 11.5. The smallest absolute Gasteiger partial charge is 0.326 e. The highest BCUT2D eigenvalue weighted by Gasteiger charge is 2.41. The molecule has 2 aliphatic heterocycles. The van der Waals surface area contributed by atoms with Crippen LogP contribution in [0.3, 0.4) is 0 Å². The van der Waals surface area contributed by atoms with Crippen LogP contribution in [-0.4, -0.2) is 65.7 Å². The van der Waals surface area contributed by atoms with Crippen molar-refractivity contribution in [3.63, 3.8) is 0 Å². The number of aliphatic carboxylic acids is 1. The maximum Gasteiger partial charge on any atom is 0.326 e. The zero-order valence-electron chi connectivity index (χ0n) is 25.0. The van der Waals surface area contributed by atoms with E-state index in [1.54, 1.807) is 48.0 Å². The first-order valence-corrected chi connectivity index (χ1v) is 14.7. The monoisotopic (exact) mass is 607 g/mol. The number of nitrogens with one attached hydrogen (secondary N) is 1. The quantitative estimate of drug-likeness (QED) is 0.310. The van der Waals surface area contributed by atoms with Crippen molar-refractivity contribution < 1.29 is 28.8 Å². The van der Waals surface area contributed by atoms with Crippen LogP contribution in [0.2, 0.25) is 0 Å². The zero-order chi connectivity index (χ0) is 31.7. The van der Waals surface area contributed by atoms with Gasteiger partial charge < -0.3 is 24.7 Å². The molecule has 0 spiro atoms. The van der Waals surface area contributed by atoms with Gasteiger partial charge in [0, 0.05) is 55.7 Å². The Morgan fingerprint density at radius 2 is 1.73 bits per heavy atom. The van der Waals surface area contributed by atoms with Gasteiger partial charge in [-0.3, -0.25) is 19.3 Å². The molecule has 1 fully saturated rings. The number of likely N-dealkylation sites (tertiary alicyclic amines) is 1. The van der Waals surface area contributed by atoms with Gasteiger partial charge in [-0.25, -0.2) is 4.79 Å². The Balaban J connectivity index is 1.06. The lowest BCUT2D eigenvalue weighted by Gasteiger charge is -2.20. The van der Waals surface area contributed by atoms with Crippen molar-refractivity contribution in [3.05, 3.63) is 107 Å². The summed E-state index contributed by atoms with van der Waals surface area (Å²) < 4.78 is 5.01. The molecular weight excluding hydrogens is 574 g/mol. The molecule has 11 heteroatoms. The number of nitrogens with zero attached hydrogens (tertiary/aromatic N) is 4. The Bertz CT molecular complexity index is 1750. The van der Waals surface area contributed by atoms with Crippen LogP contribution < -0.4 is 15.1 Å². The van der Waals surface area contributed by atoms with E-state index >= 15 is 0 Å². The molecule has 4 aromatic rings. The molecule has 0 aliphatic carbocycles. The molecule has 2 unspecified atom stereocenters. The number of carbonyl (C=O) groups is 4. The lowest BCUT2D eigenvalue weighted by Crippen LogP contribution is -2.33. The van der Waals surface area contributed by atoms with Crippen molar-refractivity contribution in [1.29, 1.82) is 0 Å². The number of benzene rings is 3. The van der Waals surface area contributed by atoms with Crippen LogP contribution in [0.1, 0.15) is 38.9 Å². The summed E-state index contributed by atoms with van der Waals surface area (Å²) in [6.45, 7) is 2.62. The molecule has 45 heavy (non-hydrogen) atoms. The molecule has 3 heterocycles. The standard InChI is InChI=1S/C34H33N5O6/c1-21-17-29(36-45-21)32(41)38-19-27(28(20-38)33(42)43)23-9-13-26(14-10-23)37(2)31(40)18-22-7-11-25(12-8-22)35-34(44)39-16-15-24-5-3-4-6-30(24)39/h3-14,17,27-28H,15-16,18-20H2,1-2H3,(H,35,44)(H,42,43). The number of hydrogen-bond acceptors (Lipinski definition) is 6. The average molecular weight is 608 g/mol. The minimum Gasteiger partial charge on any atom is -0.481 e. The SMILES string of the molecule is Cc1cc(C(=O)N2CC(C(=O)O)C(c3ccc(N(C)C(=O)Cc4ccc(NC(=O)N5CCc6ccccc65)cc4)cc3)C2)no1. The number of aromatic nitrogens is 1. The summed E-state index contributed by atoms with van der Waals surface area (Å²) in [6.07, 6.45) is 0.989. The van der Waals surface area contributed by atoms with Gasteiger partial charge in [0.05, 0.1) is 12.3 Å². The molecule has 0 radical (unpaired) electrons. The van der Waals surface area contributed by atoms with Crippen LogP contribution in [0, 0.1) is 12.8 Å². The van der Waals surface area contributed by atoms with E-state index in [4.69, 9.17) is 4.52 Å². The van der Waals surface area contributed by atoms with Gasteiger partial charge in [-0.15, -0.1) is 0 Å². The van der Waals surface area contributed by atoms with Crippen molar-refractivity contribution in [2.24, 2.45) is 5.92 Å². The molecule has 6 rings (SSSR count). The van der Waals surface area contributed by atoms with E-state index in [-0.39, 0.29) is 43.0 Å². The number of para-hydroxylation sites is 1. The van der Waals surface area contributed by atoms with Crippen LogP contribution in [0.15, 0.2) is 83.4 Å². The van der Waals surface area contributed by atoms with Gasteiger partial charge in [0.1, 0.15) is 5.76 Å². The number of hydrogen-bond donors (Lipinski definition) is 2. The first-order valence-electron chi connectivity index (χ1n) is 14.7. The van der Waals surface area contributed by atoms with Crippen molar-refractivity contribution >= 4 is 40.9 Å². The van der Waals surface area contributed by atoms with Crippen LogP contribution in [0.5, 0.6) is 0 Å². The molecule has 4 amide bonds. The summed E-state index contributed by atoms with van der Waals surface area (Å²) in [5, 5.41) is 16.6. The number of anilines is 3. The van der Waals surface area contributed by atoms with Gasteiger partial charge in [0.15, 0.2) is 5.69 Å². The average Bonchev–Trinajstić information content (AvgIpc) is 3.80. The fourth-order valence-corrected chi connectivity index (χ4v) is 6.02. The summed E-state index contributed by atoms with van der Waals surface area (Å²) in [4.78, 5) is 55.7. The summed E-state index contributed by atoms with van der Waals surface area (Å²) in [5.74, 6) is -2.15. The number of likely N-dealkylation sites (N-methyl/N-ethyl adjacent to an activating group) is 1. The predicted octanol–water partition coefficient (Wildman–Crippen LogP) is 4.72. The van der Waals surface area contributed by atoms with Gasteiger partial charge in [0.2, 0.25) is 5.91 Å². The first-order chi connectivity index (χ1) is 21.7. The van der Waals surface area contributed by atoms with Crippen LogP contribution >= 0.6 is 0 Å². The molecule has 11 nitrogen and oxygen atoms in total. The number of urea groups is 1. The third kappa shape index (κ3) is 6.14. The van der Waals surface area contributed by atoms with Gasteiger partial charge in [0.25, 0.3) is 5.91 Å². The Kier molecular flexibility index (Phi) is 8.08. The number of carbonyl (C=O) groups excluding carboxylic acids is 3. The Labute approximate surface area is 260 Å². The zero-order valence-corrected chi connectivity index (χ0v) is 25.0. The van der Waals surface area contributed by atoms with E-state index < -0.39 is 17.8 Å². The highest BCUT2D eigenvalue weighted by molar-refractivity contribution is 6.03. The Hall–Kier alpha value is -5.45. The number of amides is 4. The summed E-state index contributed by atoms with van der Waals surface area (Å²) in [7, 11) is 1.69. The summed E-state index contributed by atoms with van der Waals surface area (Å²) >= 11 is 0. The molecule has 2 aliphatic rings. The predicted molar refractivity (Wildman–Crippen MR) is 168 cm³/mol. The maximum atomic E-state index is 13.1. The molecule has 2 atom stereocenters. The Morgan fingerprint density at radius 3 is 2.42 bits per heavy atom. The topological polar surface area (TPSA) is 136 Å². The fourth-order valence-electron chi connectivity index (χ4n) is 6.02. The lowest BCUT2D eigenvalue weighted by molar-refractivity contribution is -0.141. The highest BCUT2D eigenvalue weighted by atomic mass is 16.5. The molecule has 3 aromatic carbocycles. The van der Waals surface area contributed by atoms with Crippen molar-refractivity contribution in [3.8, 4) is 0 Å². The van der Waals surface area contributed by atoms with Gasteiger partial charge in [-0.1, -0.05) is 47.6 Å². The molecule has 1 aromatic heterocycles. The van der Waals surface area contributed by atoms with Crippen LogP contribution in [0.25, 0.3) is 0 Å². The van der Waals surface area contributed by atoms with E-state index in [9.17, 15) is 24.3 Å². The van der Waals surface area contributed by atoms with E-state index in [0.717, 1.165) is 28.8 Å². The minimum absolute atomic E-state index is 0.0690. The van der Waals surface area contributed by atoms with Crippen molar-refractivity contribution in [2.45, 2.75) is 25.7 Å². The van der Waals surface area contributed by atoms with E-state index in [1.165, 1.54) is 11.0 Å². The number of rotatable bonds is 7. The van der Waals surface area contributed by atoms with Crippen LogP contribution in [0.4, 0.5) is 21.9 Å². The van der Waals surface area contributed by atoms with Gasteiger partial charge in [-0.05, 0) is 60.4 Å². The second-order valence-corrected chi connectivity index (χ2v) is 11.5. The lowest BCUT2D eigenvalue weighted by atomic mass is 9.89. The van der Waals surface area contributed by atoms with Gasteiger partial charge in [-0.2, -0.15) is 0 Å². The normalized spacial score (nSPS) is 17.2. The first kappa shape index (κ1) is 29.6. The van der Waals surface area contributed by atoms with E-state index in [1.807, 2.05) is 48.5 Å².